The Kier molecular flexibility index (Phi) is 9.15. The summed E-state index contributed by atoms with van der Waals surface area (Å²) in [6, 6.07) is 20.1. The normalized spacial score (nSPS) is 15.3. The van der Waals surface area contributed by atoms with Crippen LogP contribution < -0.4 is 10.1 Å². The Labute approximate surface area is 239 Å². The van der Waals surface area contributed by atoms with E-state index in [1.54, 1.807) is 19.1 Å². The summed E-state index contributed by atoms with van der Waals surface area (Å²) in [5, 5.41) is 12.6. The van der Waals surface area contributed by atoms with Crippen LogP contribution in [0.2, 0.25) is 0 Å². The number of carbonyl (C=O) groups is 2. The van der Waals surface area contributed by atoms with Gasteiger partial charge in [0.05, 0.1) is 12.2 Å². The summed E-state index contributed by atoms with van der Waals surface area (Å²) >= 11 is 0. The van der Waals surface area contributed by atoms with Gasteiger partial charge in [0.2, 0.25) is 0 Å². The molecule has 0 bridgehead atoms. The first-order valence-electron chi connectivity index (χ1n) is 14.4. The molecule has 0 aliphatic heterocycles. The van der Waals surface area contributed by atoms with Gasteiger partial charge in [-0.2, -0.15) is 0 Å². The molecule has 0 saturated heterocycles. The molecule has 0 aromatic heterocycles. The average molecular weight is 542 g/mol. The smallest absolute Gasteiger partial charge is 0.335 e. The molecule has 0 amide bonds. The van der Waals surface area contributed by atoms with E-state index in [4.69, 9.17) is 4.74 Å². The van der Waals surface area contributed by atoms with Gasteiger partial charge >= 0.3 is 5.97 Å². The number of rotatable bonds is 12. The van der Waals surface area contributed by atoms with Crippen molar-refractivity contribution in [3.63, 3.8) is 0 Å². The maximum Gasteiger partial charge on any atom is 0.335 e. The van der Waals surface area contributed by atoms with Gasteiger partial charge in [-0.25, -0.2) is 4.79 Å². The lowest BCUT2D eigenvalue weighted by Crippen LogP contribution is -2.33. The monoisotopic (exact) mass is 541 g/mol. The largest absolute Gasteiger partial charge is 0.493 e. The number of benzene rings is 3. The molecule has 4 rings (SSSR count). The van der Waals surface area contributed by atoms with Crippen molar-refractivity contribution in [3.05, 3.63) is 77.4 Å². The third-order valence-electron chi connectivity index (χ3n) is 8.27. The Hall–Kier alpha value is -3.44. The van der Waals surface area contributed by atoms with E-state index in [0.717, 1.165) is 60.4 Å². The SMILES string of the molecule is CC(=O)CCNCCCCOc1ccc(-c2ccc(C(=O)O)cc2)cc1-c1ccc2c(c1)C(C)(C)CCC2(C)C. The van der Waals surface area contributed by atoms with Gasteiger partial charge in [0.25, 0.3) is 0 Å². The number of ketones is 1. The van der Waals surface area contributed by atoms with Crippen molar-refractivity contribution in [2.75, 3.05) is 19.7 Å². The second kappa shape index (κ2) is 12.4. The van der Waals surface area contributed by atoms with Gasteiger partial charge in [-0.3, -0.25) is 4.79 Å². The molecule has 0 fully saturated rings. The number of hydrogen-bond donors (Lipinski definition) is 2. The zero-order valence-electron chi connectivity index (χ0n) is 24.6. The van der Waals surface area contributed by atoms with Crippen molar-refractivity contribution >= 4 is 11.8 Å². The number of carbonyl (C=O) groups excluding carboxylic acids is 1. The summed E-state index contributed by atoms with van der Waals surface area (Å²) < 4.78 is 6.36. The predicted molar refractivity (Wildman–Crippen MR) is 162 cm³/mol. The highest BCUT2D eigenvalue weighted by Gasteiger charge is 2.37. The number of hydrogen-bond acceptors (Lipinski definition) is 4. The second-order valence-corrected chi connectivity index (χ2v) is 12.4. The number of unbranched alkanes of at least 4 members (excludes halogenated alkanes) is 1. The lowest BCUT2D eigenvalue weighted by Gasteiger charge is -2.42. The van der Waals surface area contributed by atoms with Crippen LogP contribution in [0.5, 0.6) is 5.75 Å². The van der Waals surface area contributed by atoms with Crippen molar-refractivity contribution in [3.8, 4) is 28.0 Å². The maximum atomic E-state index is 11.3. The standard InChI is InChI=1S/C35H43NO4/c1-24(37)16-20-36-19-6-7-21-40-32-15-13-27(25-8-10-26(11-9-25)33(38)39)22-29(32)28-12-14-30-31(23-28)35(4,5)18-17-34(30,2)3/h8-15,22-23,36H,6-7,16-21H2,1-5H3,(H,38,39). The van der Waals surface area contributed by atoms with E-state index in [9.17, 15) is 14.7 Å². The van der Waals surface area contributed by atoms with E-state index < -0.39 is 5.97 Å². The number of fused-ring (bicyclic) bond motifs is 1. The molecule has 5 heteroatoms. The van der Waals surface area contributed by atoms with Gasteiger partial charge in [0.15, 0.2) is 0 Å². The minimum absolute atomic E-state index is 0.0988. The molecular formula is C35H43NO4. The van der Waals surface area contributed by atoms with Crippen LogP contribution in [0.25, 0.3) is 22.3 Å². The molecule has 0 spiro atoms. The Morgan fingerprint density at radius 2 is 1.45 bits per heavy atom. The predicted octanol–water partition coefficient (Wildman–Crippen LogP) is 7.80. The van der Waals surface area contributed by atoms with Crippen molar-refractivity contribution < 1.29 is 19.4 Å². The Bertz CT molecular complexity index is 1350. The molecule has 2 N–H and O–H groups in total. The Morgan fingerprint density at radius 3 is 2.12 bits per heavy atom. The van der Waals surface area contributed by atoms with E-state index in [2.05, 4.69) is 57.3 Å². The molecule has 0 radical (unpaired) electrons. The number of nitrogens with one attached hydrogen (secondary N) is 1. The molecule has 0 atom stereocenters. The molecule has 212 valence electrons. The van der Waals surface area contributed by atoms with Crippen LogP contribution in [-0.4, -0.2) is 36.6 Å². The minimum Gasteiger partial charge on any atom is -0.493 e. The fourth-order valence-corrected chi connectivity index (χ4v) is 5.55. The molecule has 40 heavy (non-hydrogen) atoms. The van der Waals surface area contributed by atoms with E-state index >= 15 is 0 Å². The zero-order valence-corrected chi connectivity index (χ0v) is 24.6. The molecule has 3 aromatic carbocycles. The Balaban J connectivity index is 1.61. The molecule has 0 unspecified atom stereocenters. The zero-order chi connectivity index (χ0) is 28.9. The minimum atomic E-state index is -0.926. The molecule has 5 nitrogen and oxygen atoms in total. The van der Waals surface area contributed by atoms with Crippen LogP contribution >= 0.6 is 0 Å². The topological polar surface area (TPSA) is 75.6 Å². The van der Waals surface area contributed by atoms with Crippen LogP contribution in [0.1, 0.15) is 88.2 Å². The van der Waals surface area contributed by atoms with E-state index in [-0.39, 0.29) is 22.2 Å². The fraction of sp³-hybridized carbons (Fsp3) is 0.429. The fourth-order valence-electron chi connectivity index (χ4n) is 5.55. The summed E-state index contributed by atoms with van der Waals surface area (Å²) in [7, 11) is 0. The summed E-state index contributed by atoms with van der Waals surface area (Å²) in [6.07, 6.45) is 4.78. The molecule has 3 aromatic rings. The van der Waals surface area contributed by atoms with Crippen molar-refractivity contribution in [1.29, 1.82) is 0 Å². The van der Waals surface area contributed by atoms with Gasteiger partial charge in [-0.05, 0) is 102 Å². The summed E-state index contributed by atoms with van der Waals surface area (Å²) in [5.74, 6) is 0.131. The molecular weight excluding hydrogens is 498 g/mol. The van der Waals surface area contributed by atoms with Crippen LogP contribution in [0.15, 0.2) is 60.7 Å². The first-order chi connectivity index (χ1) is 19.0. The van der Waals surface area contributed by atoms with Crippen LogP contribution in [0, 0.1) is 0 Å². The third-order valence-corrected chi connectivity index (χ3v) is 8.27. The third kappa shape index (κ3) is 7.00. The number of Topliss-reactive ketones (excluding diaryl/α,β-unsaturated/α-hetero) is 1. The number of carboxylic acid groups (broad SMARTS) is 1. The maximum absolute atomic E-state index is 11.3. The van der Waals surface area contributed by atoms with Gasteiger partial charge in [0, 0.05) is 18.5 Å². The van der Waals surface area contributed by atoms with Gasteiger partial charge in [-0.1, -0.05) is 64.1 Å². The van der Waals surface area contributed by atoms with Gasteiger partial charge in [0.1, 0.15) is 11.5 Å². The quantitative estimate of drug-likeness (QED) is 0.229. The highest BCUT2D eigenvalue weighted by Crippen LogP contribution is 2.47. The molecule has 0 heterocycles. The number of aromatic carboxylic acids is 1. The first-order valence-corrected chi connectivity index (χ1v) is 14.4. The Morgan fingerprint density at radius 1 is 0.800 bits per heavy atom. The molecule has 0 saturated carbocycles. The van der Waals surface area contributed by atoms with Crippen molar-refractivity contribution in [2.45, 2.75) is 77.6 Å². The van der Waals surface area contributed by atoms with Crippen molar-refractivity contribution in [2.24, 2.45) is 0 Å². The highest BCUT2D eigenvalue weighted by atomic mass is 16.5. The lowest BCUT2D eigenvalue weighted by atomic mass is 9.63. The van der Waals surface area contributed by atoms with Crippen LogP contribution in [0.3, 0.4) is 0 Å². The van der Waals surface area contributed by atoms with E-state index in [1.807, 2.05) is 24.3 Å². The van der Waals surface area contributed by atoms with Gasteiger partial charge < -0.3 is 15.2 Å². The first kappa shape index (κ1) is 29.5. The van der Waals surface area contributed by atoms with Crippen molar-refractivity contribution in [1.82, 2.24) is 5.32 Å². The second-order valence-electron chi connectivity index (χ2n) is 12.4. The highest BCUT2D eigenvalue weighted by molar-refractivity contribution is 5.88. The van der Waals surface area contributed by atoms with Crippen LogP contribution in [-0.2, 0) is 15.6 Å². The van der Waals surface area contributed by atoms with Crippen LogP contribution in [0.4, 0.5) is 0 Å². The average Bonchev–Trinajstić information content (AvgIpc) is 2.92. The number of carboxylic acids is 1. The summed E-state index contributed by atoms with van der Waals surface area (Å²) in [4.78, 5) is 22.4. The number of ether oxygens (including phenoxy) is 1. The summed E-state index contributed by atoms with van der Waals surface area (Å²) in [5.41, 5.74) is 7.51. The summed E-state index contributed by atoms with van der Waals surface area (Å²) in [6.45, 7) is 13.2. The van der Waals surface area contributed by atoms with E-state index in [0.29, 0.717) is 13.0 Å². The molecule has 1 aliphatic rings. The lowest BCUT2D eigenvalue weighted by molar-refractivity contribution is -0.116. The van der Waals surface area contributed by atoms with E-state index in [1.165, 1.54) is 17.5 Å². The molecule has 1 aliphatic carbocycles. The van der Waals surface area contributed by atoms with Gasteiger partial charge in [-0.15, -0.1) is 0 Å².